The minimum absolute atomic E-state index is 0.176. The van der Waals surface area contributed by atoms with Gasteiger partial charge < -0.3 is 19.5 Å². The molecule has 4 nitrogen and oxygen atoms in total. The molecule has 3 atom stereocenters. The number of ether oxygens (including phenoxy) is 3. The zero-order chi connectivity index (χ0) is 13.9. The van der Waals surface area contributed by atoms with E-state index in [4.69, 9.17) is 14.2 Å². The maximum Gasteiger partial charge on any atom is 0.171 e. The van der Waals surface area contributed by atoms with E-state index >= 15 is 0 Å². The van der Waals surface area contributed by atoms with Crippen LogP contribution in [0.4, 0.5) is 0 Å². The largest absolute Gasteiger partial charge is 0.378 e. The van der Waals surface area contributed by atoms with Gasteiger partial charge in [0.1, 0.15) is 0 Å². The van der Waals surface area contributed by atoms with Crippen LogP contribution in [0.5, 0.6) is 0 Å². The molecule has 0 radical (unpaired) electrons. The van der Waals surface area contributed by atoms with Crippen molar-refractivity contribution in [2.45, 2.75) is 70.4 Å². The highest BCUT2D eigenvalue weighted by atomic mass is 16.7. The van der Waals surface area contributed by atoms with Gasteiger partial charge in [-0.15, -0.1) is 0 Å². The zero-order valence-corrected chi connectivity index (χ0v) is 12.8. The predicted molar refractivity (Wildman–Crippen MR) is 75.1 cm³/mol. The van der Waals surface area contributed by atoms with Crippen molar-refractivity contribution in [2.24, 2.45) is 5.41 Å². The van der Waals surface area contributed by atoms with E-state index in [1.54, 1.807) is 14.2 Å². The van der Waals surface area contributed by atoms with Crippen LogP contribution in [0.25, 0.3) is 0 Å². The van der Waals surface area contributed by atoms with Gasteiger partial charge >= 0.3 is 0 Å². The number of methoxy groups -OCH3 is 2. The molecule has 2 aliphatic rings. The van der Waals surface area contributed by atoms with Crippen molar-refractivity contribution in [1.29, 1.82) is 0 Å². The highest BCUT2D eigenvalue weighted by molar-refractivity contribution is 5.10. The molecule has 2 aliphatic carbocycles. The lowest BCUT2D eigenvalue weighted by Crippen LogP contribution is -2.65. The van der Waals surface area contributed by atoms with Gasteiger partial charge in [0, 0.05) is 32.3 Å². The highest BCUT2D eigenvalue weighted by Gasteiger charge is 2.56. The lowest BCUT2D eigenvalue weighted by Gasteiger charge is -2.55. The standard InChI is InChI=1S/C15H29NO3/c1-5-19-13-10-12(15(13)8-6-7-9-15)16-11(2)14(17-3)18-4/h11-14,16H,5-10H2,1-4H3. The maximum atomic E-state index is 5.94. The summed E-state index contributed by atoms with van der Waals surface area (Å²) in [5.41, 5.74) is 0.371. The molecule has 0 bridgehead atoms. The summed E-state index contributed by atoms with van der Waals surface area (Å²) in [5.74, 6) is 0. The van der Waals surface area contributed by atoms with Crippen molar-refractivity contribution in [2.75, 3.05) is 20.8 Å². The van der Waals surface area contributed by atoms with E-state index < -0.39 is 0 Å². The van der Waals surface area contributed by atoms with Crippen molar-refractivity contribution < 1.29 is 14.2 Å². The van der Waals surface area contributed by atoms with Crippen molar-refractivity contribution in [3.63, 3.8) is 0 Å². The Balaban J connectivity index is 1.94. The first-order chi connectivity index (χ1) is 9.17. The van der Waals surface area contributed by atoms with Gasteiger partial charge in [-0.25, -0.2) is 0 Å². The van der Waals surface area contributed by atoms with Crippen LogP contribution in [-0.2, 0) is 14.2 Å². The quantitative estimate of drug-likeness (QED) is 0.721. The number of hydrogen-bond acceptors (Lipinski definition) is 4. The average molecular weight is 271 g/mol. The second kappa shape index (κ2) is 6.53. The van der Waals surface area contributed by atoms with Gasteiger partial charge in [0.05, 0.1) is 12.1 Å². The molecule has 0 aromatic carbocycles. The van der Waals surface area contributed by atoms with E-state index in [1.807, 2.05) is 0 Å². The van der Waals surface area contributed by atoms with Gasteiger partial charge in [-0.05, 0) is 33.1 Å². The molecule has 4 heteroatoms. The molecular formula is C15H29NO3. The van der Waals surface area contributed by atoms with Crippen LogP contribution in [-0.4, -0.2) is 45.3 Å². The Morgan fingerprint density at radius 3 is 2.37 bits per heavy atom. The van der Waals surface area contributed by atoms with Crippen LogP contribution in [0.1, 0.15) is 46.0 Å². The molecule has 2 rings (SSSR count). The van der Waals surface area contributed by atoms with Crippen LogP contribution >= 0.6 is 0 Å². The summed E-state index contributed by atoms with van der Waals surface area (Å²) in [6.45, 7) is 5.06. The van der Waals surface area contributed by atoms with Gasteiger partial charge in [0.2, 0.25) is 0 Å². The Kier molecular flexibility index (Phi) is 5.23. The minimum Gasteiger partial charge on any atom is -0.378 e. The lowest BCUT2D eigenvalue weighted by molar-refractivity contribution is -0.155. The topological polar surface area (TPSA) is 39.7 Å². The van der Waals surface area contributed by atoms with E-state index in [2.05, 4.69) is 19.2 Å². The van der Waals surface area contributed by atoms with Gasteiger partial charge in [-0.1, -0.05) is 12.8 Å². The summed E-state index contributed by atoms with van der Waals surface area (Å²) in [6, 6.07) is 0.759. The zero-order valence-electron chi connectivity index (χ0n) is 12.8. The molecule has 19 heavy (non-hydrogen) atoms. The molecule has 1 N–H and O–H groups in total. The summed E-state index contributed by atoms with van der Waals surface area (Å²) in [5, 5.41) is 3.71. The fourth-order valence-corrected chi connectivity index (χ4v) is 4.02. The molecule has 0 heterocycles. The summed E-state index contributed by atoms with van der Waals surface area (Å²) in [4.78, 5) is 0. The minimum atomic E-state index is -0.176. The van der Waals surface area contributed by atoms with Crippen LogP contribution in [0.15, 0.2) is 0 Å². The van der Waals surface area contributed by atoms with Gasteiger partial charge in [-0.2, -0.15) is 0 Å². The summed E-state index contributed by atoms with van der Waals surface area (Å²) >= 11 is 0. The Morgan fingerprint density at radius 2 is 1.84 bits per heavy atom. The van der Waals surface area contributed by atoms with Crippen LogP contribution < -0.4 is 5.32 Å². The van der Waals surface area contributed by atoms with Crippen LogP contribution in [0, 0.1) is 5.41 Å². The first kappa shape index (κ1) is 15.2. The summed E-state index contributed by atoms with van der Waals surface area (Å²) in [7, 11) is 3.39. The third-order valence-corrected chi connectivity index (χ3v) is 5.02. The first-order valence-corrected chi connectivity index (χ1v) is 7.61. The monoisotopic (exact) mass is 271 g/mol. The third kappa shape index (κ3) is 2.82. The summed E-state index contributed by atoms with van der Waals surface area (Å²) < 4.78 is 16.6. The Labute approximate surface area is 117 Å². The van der Waals surface area contributed by atoms with Gasteiger partial charge in [-0.3, -0.25) is 0 Å². The van der Waals surface area contributed by atoms with Gasteiger partial charge in [0.25, 0.3) is 0 Å². The SMILES string of the molecule is CCOC1CC(NC(C)C(OC)OC)C12CCCC2. The maximum absolute atomic E-state index is 5.94. The second-order valence-corrected chi connectivity index (χ2v) is 5.97. The first-order valence-electron chi connectivity index (χ1n) is 7.61. The van der Waals surface area contributed by atoms with Crippen molar-refractivity contribution in [3.05, 3.63) is 0 Å². The highest BCUT2D eigenvalue weighted by Crippen LogP contribution is 2.54. The molecule has 2 fully saturated rings. The smallest absolute Gasteiger partial charge is 0.171 e. The molecule has 112 valence electrons. The number of nitrogens with one attached hydrogen (secondary N) is 1. The molecule has 0 saturated heterocycles. The van der Waals surface area contributed by atoms with Crippen molar-refractivity contribution >= 4 is 0 Å². The van der Waals surface area contributed by atoms with E-state index in [0.717, 1.165) is 13.0 Å². The van der Waals surface area contributed by atoms with E-state index in [-0.39, 0.29) is 12.3 Å². The lowest BCUT2D eigenvalue weighted by atomic mass is 9.60. The Bertz CT molecular complexity index is 275. The number of hydrogen-bond donors (Lipinski definition) is 1. The van der Waals surface area contributed by atoms with Crippen LogP contribution in [0.3, 0.4) is 0 Å². The van der Waals surface area contributed by atoms with Crippen molar-refractivity contribution in [3.8, 4) is 0 Å². The third-order valence-electron chi connectivity index (χ3n) is 5.02. The van der Waals surface area contributed by atoms with E-state index in [0.29, 0.717) is 17.6 Å². The Morgan fingerprint density at radius 1 is 1.21 bits per heavy atom. The fourth-order valence-electron chi connectivity index (χ4n) is 4.02. The summed E-state index contributed by atoms with van der Waals surface area (Å²) in [6.07, 6.45) is 6.68. The normalized spacial score (nSPS) is 30.8. The van der Waals surface area contributed by atoms with Crippen molar-refractivity contribution in [1.82, 2.24) is 5.32 Å². The fraction of sp³-hybridized carbons (Fsp3) is 1.00. The molecule has 0 aromatic rings. The molecule has 0 amide bonds. The molecular weight excluding hydrogens is 242 g/mol. The molecule has 1 spiro atoms. The number of rotatable bonds is 7. The van der Waals surface area contributed by atoms with E-state index in [1.165, 1.54) is 25.7 Å². The second-order valence-electron chi connectivity index (χ2n) is 5.97. The van der Waals surface area contributed by atoms with E-state index in [9.17, 15) is 0 Å². The molecule has 3 unspecified atom stereocenters. The average Bonchev–Trinajstić information content (AvgIpc) is 2.91. The predicted octanol–water partition coefficient (Wildman–Crippen LogP) is 2.32. The Hall–Kier alpha value is -0.160. The van der Waals surface area contributed by atoms with Crippen LogP contribution in [0.2, 0.25) is 0 Å². The molecule has 0 aliphatic heterocycles. The molecule has 0 aromatic heterocycles. The molecule has 2 saturated carbocycles. The van der Waals surface area contributed by atoms with Gasteiger partial charge in [0.15, 0.2) is 6.29 Å².